The van der Waals surface area contributed by atoms with E-state index in [1.807, 2.05) is 0 Å². The van der Waals surface area contributed by atoms with E-state index in [2.05, 4.69) is 46.0 Å². The van der Waals surface area contributed by atoms with Gasteiger partial charge in [-0.1, -0.05) is 25.5 Å². The fraction of sp³-hybridized carbons (Fsp3) is 0.920. The molecular weight excluding hydrogens is 346 g/mol. The molecule has 3 saturated carbocycles. The maximum atomic E-state index is 10.2. The summed E-state index contributed by atoms with van der Waals surface area (Å²) in [7, 11) is 0. The van der Waals surface area contributed by atoms with Crippen molar-refractivity contribution in [3.8, 4) is 0 Å². The zero-order valence-corrected chi connectivity index (χ0v) is 18.7. The van der Waals surface area contributed by atoms with E-state index in [4.69, 9.17) is 4.74 Å². The molecule has 5 rings (SSSR count). The topological polar surface area (TPSA) is 41.5 Å². The number of allylic oxidation sites excluding steroid dienone is 1. The molecule has 0 aromatic rings. The molecule has 1 heterocycles. The highest BCUT2D eigenvalue weighted by Gasteiger charge is 2.63. The summed E-state index contributed by atoms with van der Waals surface area (Å²) in [6.45, 7) is 12.8. The van der Waals surface area contributed by atoms with E-state index in [1.165, 1.54) is 38.5 Å². The molecule has 0 radical (unpaired) electrons. The number of aliphatic hydroxyl groups excluding tert-OH is 1. The van der Waals surface area contributed by atoms with Crippen molar-refractivity contribution in [3.63, 3.8) is 0 Å². The number of aliphatic hydroxyl groups is 1. The van der Waals surface area contributed by atoms with Crippen molar-refractivity contribution in [2.45, 2.75) is 103 Å². The van der Waals surface area contributed by atoms with E-state index < -0.39 is 0 Å². The Kier molecular flexibility index (Phi) is 4.25. The van der Waals surface area contributed by atoms with E-state index in [9.17, 15) is 5.11 Å². The molecular formula is C25H41NO2. The maximum absolute atomic E-state index is 10.2. The zero-order valence-electron chi connectivity index (χ0n) is 18.7. The van der Waals surface area contributed by atoms with Gasteiger partial charge in [-0.25, -0.2) is 0 Å². The molecule has 0 spiro atoms. The average molecular weight is 388 g/mol. The number of nitrogens with one attached hydrogen (secondary N) is 1. The fourth-order valence-electron chi connectivity index (χ4n) is 8.81. The second-order valence-electron chi connectivity index (χ2n) is 12.2. The van der Waals surface area contributed by atoms with Crippen LogP contribution in [0.2, 0.25) is 0 Å². The molecule has 0 aromatic heterocycles. The first-order valence-corrected chi connectivity index (χ1v) is 11.9. The molecule has 2 N–H and O–H groups in total. The maximum Gasteiger partial charge on any atom is 0.120 e. The van der Waals surface area contributed by atoms with Crippen molar-refractivity contribution >= 4 is 0 Å². The lowest BCUT2D eigenvalue weighted by atomic mass is 9.47. The molecule has 0 bridgehead atoms. The van der Waals surface area contributed by atoms with Crippen LogP contribution in [0, 0.1) is 34.5 Å². The SMILES string of the molecule is CC1(C)COC(C)([C@H]2CCC3C4CC=C5C[C@H](O)CC[C@]5(C)C4CC[C@@]32C)N1. The number of hydrogen-bond donors (Lipinski definition) is 2. The zero-order chi connectivity index (χ0) is 19.9. The molecule has 158 valence electrons. The fourth-order valence-corrected chi connectivity index (χ4v) is 8.81. The highest BCUT2D eigenvalue weighted by Crippen LogP contribution is 2.67. The second kappa shape index (κ2) is 6.08. The lowest BCUT2D eigenvalue weighted by Gasteiger charge is -2.59. The first-order chi connectivity index (χ1) is 13.1. The Labute approximate surface area is 171 Å². The summed E-state index contributed by atoms with van der Waals surface area (Å²) in [6, 6.07) is 0. The van der Waals surface area contributed by atoms with Gasteiger partial charge in [0, 0.05) is 11.5 Å². The van der Waals surface area contributed by atoms with Gasteiger partial charge in [0.25, 0.3) is 0 Å². The Morgan fingerprint density at radius 1 is 1.00 bits per heavy atom. The van der Waals surface area contributed by atoms with Crippen molar-refractivity contribution < 1.29 is 9.84 Å². The van der Waals surface area contributed by atoms with Crippen LogP contribution in [-0.4, -0.2) is 29.1 Å². The summed E-state index contributed by atoms with van der Waals surface area (Å²) in [5.74, 6) is 3.08. The molecule has 8 atom stereocenters. The van der Waals surface area contributed by atoms with Gasteiger partial charge in [0.2, 0.25) is 0 Å². The van der Waals surface area contributed by atoms with Gasteiger partial charge in [0.05, 0.1) is 12.7 Å². The molecule has 1 saturated heterocycles. The van der Waals surface area contributed by atoms with E-state index in [0.29, 0.717) is 16.7 Å². The third kappa shape index (κ3) is 2.65. The van der Waals surface area contributed by atoms with E-state index in [0.717, 1.165) is 37.2 Å². The van der Waals surface area contributed by atoms with Crippen LogP contribution < -0.4 is 5.32 Å². The van der Waals surface area contributed by atoms with Gasteiger partial charge in [0.1, 0.15) is 5.72 Å². The molecule has 28 heavy (non-hydrogen) atoms. The van der Waals surface area contributed by atoms with Crippen LogP contribution in [0.25, 0.3) is 0 Å². The van der Waals surface area contributed by atoms with Crippen molar-refractivity contribution in [1.29, 1.82) is 0 Å². The van der Waals surface area contributed by atoms with Crippen LogP contribution in [0.15, 0.2) is 11.6 Å². The summed E-state index contributed by atoms with van der Waals surface area (Å²) in [5.41, 5.74) is 2.22. The van der Waals surface area contributed by atoms with Crippen LogP contribution in [-0.2, 0) is 4.74 Å². The molecule has 1 aliphatic heterocycles. The number of ether oxygens (including phenoxy) is 1. The first kappa shape index (κ1) is 19.6. The minimum atomic E-state index is -0.172. The smallest absolute Gasteiger partial charge is 0.120 e. The van der Waals surface area contributed by atoms with Gasteiger partial charge < -0.3 is 9.84 Å². The van der Waals surface area contributed by atoms with Crippen molar-refractivity contribution in [1.82, 2.24) is 5.32 Å². The third-order valence-corrected chi connectivity index (χ3v) is 10.1. The Hall–Kier alpha value is -0.380. The van der Waals surface area contributed by atoms with E-state index in [1.54, 1.807) is 5.57 Å². The van der Waals surface area contributed by atoms with Gasteiger partial charge in [0.15, 0.2) is 0 Å². The molecule has 4 aliphatic carbocycles. The monoisotopic (exact) mass is 387 g/mol. The van der Waals surface area contributed by atoms with Crippen LogP contribution in [0.5, 0.6) is 0 Å². The van der Waals surface area contributed by atoms with Gasteiger partial charge in [-0.15, -0.1) is 0 Å². The minimum Gasteiger partial charge on any atom is -0.393 e. The van der Waals surface area contributed by atoms with Gasteiger partial charge >= 0.3 is 0 Å². The highest BCUT2D eigenvalue weighted by atomic mass is 16.5. The van der Waals surface area contributed by atoms with Gasteiger partial charge in [-0.3, -0.25) is 5.32 Å². The molecule has 0 amide bonds. The Morgan fingerprint density at radius 3 is 2.50 bits per heavy atom. The summed E-state index contributed by atoms with van der Waals surface area (Å²) in [4.78, 5) is 0. The molecule has 3 heteroatoms. The van der Waals surface area contributed by atoms with Crippen LogP contribution >= 0.6 is 0 Å². The summed E-state index contributed by atoms with van der Waals surface area (Å²) in [5, 5.41) is 14.1. The quantitative estimate of drug-likeness (QED) is 0.619. The number of rotatable bonds is 1. The number of hydrogen-bond acceptors (Lipinski definition) is 3. The predicted molar refractivity (Wildman–Crippen MR) is 113 cm³/mol. The molecule has 4 fully saturated rings. The summed E-state index contributed by atoms with van der Waals surface area (Å²) in [6.07, 6.45) is 12.2. The van der Waals surface area contributed by atoms with Crippen LogP contribution in [0.3, 0.4) is 0 Å². The lowest BCUT2D eigenvalue weighted by Crippen LogP contribution is -2.57. The van der Waals surface area contributed by atoms with Gasteiger partial charge in [-0.2, -0.15) is 0 Å². The van der Waals surface area contributed by atoms with Crippen molar-refractivity contribution in [2.75, 3.05) is 6.61 Å². The Bertz CT molecular complexity index is 686. The minimum absolute atomic E-state index is 0.0826. The summed E-state index contributed by atoms with van der Waals surface area (Å²) >= 11 is 0. The van der Waals surface area contributed by atoms with Crippen LogP contribution in [0.1, 0.15) is 86.0 Å². The lowest BCUT2D eigenvalue weighted by molar-refractivity contribution is -0.117. The van der Waals surface area contributed by atoms with E-state index >= 15 is 0 Å². The predicted octanol–water partition coefficient (Wildman–Crippen LogP) is 5.04. The van der Waals surface area contributed by atoms with Crippen LogP contribution in [0.4, 0.5) is 0 Å². The Morgan fingerprint density at radius 2 is 1.79 bits per heavy atom. The molecule has 5 aliphatic rings. The second-order valence-corrected chi connectivity index (χ2v) is 12.2. The molecule has 3 nitrogen and oxygen atoms in total. The van der Waals surface area contributed by atoms with Gasteiger partial charge in [-0.05, 0) is 101 Å². The largest absolute Gasteiger partial charge is 0.393 e. The number of fused-ring (bicyclic) bond motifs is 5. The third-order valence-electron chi connectivity index (χ3n) is 10.1. The highest BCUT2D eigenvalue weighted by molar-refractivity contribution is 5.25. The normalized spacial score (nSPS) is 55.2. The van der Waals surface area contributed by atoms with Crippen molar-refractivity contribution in [3.05, 3.63) is 11.6 Å². The molecule has 4 unspecified atom stereocenters. The van der Waals surface area contributed by atoms with Crippen molar-refractivity contribution in [2.24, 2.45) is 34.5 Å². The van der Waals surface area contributed by atoms with E-state index in [-0.39, 0.29) is 17.4 Å². The summed E-state index contributed by atoms with van der Waals surface area (Å²) < 4.78 is 6.46. The molecule has 0 aromatic carbocycles. The first-order valence-electron chi connectivity index (χ1n) is 11.9. The Balaban J connectivity index is 1.43. The average Bonchev–Trinajstić information content (AvgIpc) is 3.12. The standard InChI is InChI=1S/C25H41NO2/c1-22(2)15-28-25(5,26-22)21-9-8-19-18-7-6-16-14-17(27)10-12-23(16,3)20(18)11-13-24(19,21)4/h6,17-21,26-27H,7-15H2,1-5H3/t17-,18?,19?,20?,21+,23+,24+,25?/m1/s1.